The zero-order chi connectivity index (χ0) is 16.7. The van der Waals surface area contributed by atoms with Crippen molar-refractivity contribution < 1.29 is 14.3 Å². The summed E-state index contributed by atoms with van der Waals surface area (Å²) in [5, 5.41) is 5.19. The molecule has 0 fully saturated rings. The quantitative estimate of drug-likeness (QED) is 0.725. The summed E-state index contributed by atoms with van der Waals surface area (Å²) in [6.45, 7) is -0.362. The first-order valence-electron chi connectivity index (χ1n) is 6.98. The van der Waals surface area contributed by atoms with Gasteiger partial charge in [0, 0.05) is 11.3 Å². The van der Waals surface area contributed by atoms with Crippen LogP contribution in [0.25, 0.3) is 0 Å². The van der Waals surface area contributed by atoms with Gasteiger partial charge in [-0.15, -0.1) is 11.3 Å². The number of carbonyl (C=O) groups is 2. The van der Waals surface area contributed by atoms with Crippen LogP contribution in [0.5, 0.6) is 0 Å². The van der Waals surface area contributed by atoms with Gasteiger partial charge in [-0.1, -0.05) is 35.3 Å². The molecule has 1 amide bonds. The second-order valence-electron chi connectivity index (χ2n) is 4.74. The summed E-state index contributed by atoms with van der Waals surface area (Å²) in [5.74, 6) is -0.881. The molecule has 23 heavy (non-hydrogen) atoms. The van der Waals surface area contributed by atoms with Crippen LogP contribution in [0.1, 0.15) is 17.7 Å². The fourth-order valence-corrected chi connectivity index (χ4v) is 3.12. The molecule has 1 aromatic heterocycles. The normalized spacial score (nSPS) is 10.3. The molecule has 0 atom stereocenters. The minimum atomic E-state index is -0.480. The number of amides is 1. The molecule has 0 aliphatic heterocycles. The molecule has 1 aromatic carbocycles. The Kier molecular flexibility index (Phi) is 6.89. The first-order chi connectivity index (χ1) is 11.1. The zero-order valence-corrected chi connectivity index (χ0v) is 14.5. The molecule has 0 bridgehead atoms. The second-order valence-corrected chi connectivity index (χ2v) is 6.59. The minimum absolute atomic E-state index is 0.276. The number of thiophene rings is 1. The van der Waals surface area contributed by atoms with E-state index in [0.29, 0.717) is 22.2 Å². The van der Waals surface area contributed by atoms with Crippen molar-refractivity contribution in [3.8, 4) is 0 Å². The van der Waals surface area contributed by atoms with Gasteiger partial charge in [0.2, 0.25) is 0 Å². The van der Waals surface area contributed by atoms with Crippen LogP contribution >= 0.6 is 34.5 Å². The van der Waals surface area contributed by atoms with E-state index in [9.17, 15) is 9.59 Å². The van der Waals surface area contributed by atoms with Crippen molar-refractivity contribution in [1.29, 1.82) is 0 Å². The van der Waals surface area contributed by atoms with Crippen LogP contribution in [0.15, 0.2) is 35.7 Å². The van der Waals surface area contributed by atoms with Gasteiger partial charge in [0.25, 0.3) is 5.91 Å². The van der Waals surface area contributed by atoms with Crippen molar-refractivity contribution in [2.75, 3.05) is 11.9 Å². The highest BCUT2D eigenvalue weighted by molar-refractivity contribution is 7.09. The summed E-state index contributed by atoms with van der Waals surface area (Å²) in [6.07, 6.45) is 1.80. The number of aryl methyl sites for hydroxylation is 1. The lowest BCUT2D eigenvalue weighted by atomic mass is 10.2. The Bertz CT molecular complexity index is 654. The summed E-state index contributed by atoms with van der Waals surface area (Å²) < 4.78 is 4.94. The van der Waals surface area contributed by atoms with E-state index in [4.69, 9.17) is 27.9 Å². The fourth-order valence-electron chi connectivity index (χ4n) is 1.87. The monoisotopic (exact) mass is 371 g/mol. The van der Waals surface area contributed by atoms with E-state index in [0.717, 1.165) is 6.42 Å². The lowest BCUT2D eigenvalue weighted by Gasteiger charge is -2.09. The number of esters is 1. The molecule has 2 rings (SSSR count). The number of anilines is 1. The first-order valence-corrected chi connectivity index (χ1v) is 8.61. The van der Waals surface area contributed by atoms with E-state index in [1.807, 2.05) is 17.5 Å². The number of benzene rings is 1. The van der Waals surface area contributed by atoms with Crippen LogP contribution in [0.3, 0.4) is 0 Å². The van der Waals surface area contributed by atoms with E-state index in [2.05, 4.69) is 5.32 Å². The average molecular weight is 372 g/mol. The number of nitrogens with one attached hydrogen (secondary N) is 1. The van der Waals surface area contributed by atoms with E-state index in [-0.39, 0.29) is 13.0 Å². The molecular formula is C16H15Cl2NO3S. The van der Waals surface area contributed by atoms with Crippen LogP contribution in [0.4, 0.5) is 5.69 Å². The Morgan fingerprint density at radius 2 is 1.87 bits per heavy atom. The third-order valence-corrected chi connectivity index (χ3v) is 4.54. The number of halogens is 2. The Morgan fingerprint density at radius 3 is 2.52 bits per heavy atom. The van der Waals surface area contributed by atoms with Gasteiger partial charge in [-0.3, -0.25) is 9.59 Å². The summed E-state index contributed by atoms with van der Waals surface area (Å²) in [6, 6.07) is 8.90. The van der Waals surface area contributed by atoms with Gasteiger partial charge in [-0.2, -0.15) is 0 Å². The lowest BCUT2D eigenvalue weighted by molar-refractivity contribution is -0.147. The van der Waals surface area contributed by atoms with Crippen molar-refractivity contribution in [3.63, 3.8) is 0 Å². The molecule has 2 aromatic rings. The minimum Gasteiger partial charge on any atom is -0.456 e. The third kappa shape index (κ3) is 5.86. The topological polar surface area (TPSA) is 55.4 Å². The summed E-state index contributed by atoms with van der Waals surface area (Å²) in [7, 11) is 0. The molecule has 0 saturated carbocycles. The molecular weight excluding hydrogens is 357 g/mol. The van der Waals surface area contributed by atoms with Crippen molar-refractivity contribution >= 4 is 52.1 Å². The summed E-state index contributed by atoms with van der Waals surface area (Å²) in [4.78, 5) is 24.6. The van der Waals surface area contributed by atoms with Gasteiger partial charge in [0.1, 0.15) is 0 Å². The fraction of sp³-hybridized carbons (Fsp3) is 0.250. The molecule has 7 heteroatoms. The van der Waals surface area contributed by atoms with E-state index < -0.39 is 11.9 Å². The van der Waals surface area contributed by atoms with Crippen LogP contribution in [-0.2, 0) is 20.7 Å². The summed E-state index contributed by atoms with van der Waals surface area (Å²) >= 11 is 13.6. The molecule has 0 spiro atoms. The summed E-state index contributed by atoms with van der Waals surface area (Å²) in [5.41, 5.74) is 0.314. The second kappa shape index (κ2) is 8.91. The van der Waals surface area contributed by atoms with Crippen molar-refractivity contribution in [3.05, 3.63) is 50.6 Å². The zero-order valence-electron chi connectivity index (χ0n) is 12.2. The van der Waals surface area contributed by atoms with Crippen molar-refractivity contribution in [2.24, 2.45) is 0 Å². The number of hydrogen-bond donors (Lipinski definition) is 1. The lowest BCUT2D eigenvalue weighted by Crippen LogP contribution is -2.21. The van der Waals surface area contributed by atoms with Gasteiger partial charge in [0.05, 0.1) is 15.7 Å². The maximum Gasteiger partial charge on any atom is 0.306 e. The van der Waals surface area contributed by atoms with Crippen LogP contribution in [0, 0.1) is 0 Å². The maximum atomic E-state index is 11.8. The third-order valence-electron chi connectivity index (χ3n) is 2.98. The Hall–Kier alpha value is -1.56. The largest absolute Gasteiger partial charge is 0.456 e. The molecule has 0 saturated heterocycles. The maximum absolute atomic E-state index is 11.8. The molecule has 0 aliphatic rings. The molecule has 0 radical (unpaired) electrons. The van der Waals surface area contributed by atoms with Crippen molar-refractivity contribution in [1.82, 2.24) is 0 Å². The van der Waals surface area contributed by atoms with E-state index in [1.165, 1.54) is 4.88 Å². The highest BCUT2D eigenvalue weighted by Crippen LogP contribution is 2.29. The number of carbonyl (C=O) groups excluding carboxylic acids is 2. The number of ether oxygens (including phenoxy) is 1. The SMILES string of the molecule is O=C(COC(=O)CCCc1cccs1)Nc1c(Cl)cccc1Cl. The highest BCUT2D eigenvalue weighted by Gasteiger charge is 2.12. The van der Waals surface area contributed by atoms with E-state index >= 15 is 0 Å². The molecule has 1 heterocycles. The van der Waals surface area contributed by atoms with Gasteiger partial charge in [-0.25, -0.2) is 0 Å². The molecule has 1 N–H and O–H groups in total. The molecule has 0 unspecified atom stereocenters. The smallest absolute Gasteiger partial charge is 0.306 e. The van der Waals surface area contributed by atoms with Gasteiger partial charge in [-0.05, 0) is 36.4 Å². The van der Waals surface area contributed by atoms with Crippen LogP contribution in [0.2, 0.25) is 10.0 Å². The van der Waals surface area contributed by atoms with E-state index in [1.54, 1.807) is 29.5 Å². The number of para-hydroxylation sites is 1. The first kappa shape index (κ1) is 17.8. The standard InChI is InChI=1S/C16H15Cl2NO3S/c17-12-6-2-7-13(18)16(12)19-14(20)10-22-15(21)8-1-4-11-5-3-9-23-11/h2-3,5-7,9H,1,4,8,10H2,(H,19,20). The Balaban J connectivity index is 1.70. The number of rotatable bonds is 7. The van der Waals surface area contributed by atoms with Gasteiger partial charge < -0.3 is 10.1 Å². The molecule has 0 aliphatic carbocycles. The van der Waals surface area contributed by atoms with Crippen LogP contribution in [-0.4, -0.2) is 18.5 Å². The van der Waals surface area contributed by atoms with Gasteiger partial charge in [0.15, 0.2) is 6.61 Å². The molecule has 4 nitrogen and oxygen atoms in total. The molecule has 122 valence electrons. The number of hydrogen-bond acceptors (Lipinski definition) is 4. The van der Waals surface area contributed by atoms with Gasteiger partial charge >= 0.3 is 5.97 Å². The Morgan fingerprint density at radius 1 is 1.13 bits per heavy atom. The Labute approximate surface area is 148 Å². The van der Waals surface area contributed by atoms with Crippen LogP contribution < -0.4 is 5.32 Å². The predicted octanol–water partition coefficient (Wildman–Crippen LogP) is 4.56. The predicted molar refractivity (Wildman–Crippen MR) is 93.3 cm³/mol. The average Bonchev–Trinajstić information content (AvgIpc) is 3.02. The highest BCUT2D eigenvalue weighted by atomic mass is 35.5. The van der Waals surface area contributed by atoms with Crippen molar-refractivity contribution in [2.45, 2.75) is 19.3 Å².